The number of hydrogen-bond acceptors (Lipinski definition) is 5. The van der Waals surface area contributed by atoms with E-state index in [1.54, 1.807) is 0 Å². The molecule has 2 rings (SSSR count). The summed E-state index contributed by atoms with van der Waals surface area (Å²) in [5, 5.41) is 3.95. The predicted molar refractivity (Wildman–Crippen MR) is 76.6 cm³/mol. The van der Waals surface area contributed by atoms with Gasteiger partial charge in [0.15, 0.2) is 5.82 Å². The van der Waals surface area contributed by atoms with Crippen LogP contribution in [0.25, 0.3) is 0 Å². The molecule has 0 saturated heterocycles. The molecule has 1 unspecified atom stereocenters. The van der Waals surface area contributed by atoms with Crippen molar-refractivity contribution in [2.45, 2.75) is 39.2 Å². The van der Waals surface area contributed by atoms with Crippen molar-refractivity contribution in [1.29, 1.82) is 0 Å². The molecule has 0 aliphatic rings. The summed E-state index contributed by atoms with van der Waals surface area (Å²) in [6.45, 7) is 6.77. The Hall–Kier alpha value is -1.88. The number of benzene rings is 1. The Morgan fingerprint density at radius 1 is 1.35 bits per heavy atom. The molecule has 1 heterocycles. The molecule has 20 heavy (non-hydrogen) atoms. The lowest BCUT2D eigenvalue weighted by molar-refractivity contribution is 0.317. The smallest absolute Gasteiger partial charge is 0.229 e. The van der Waals surface area contributed by atoms with E-state index in [1.807, 2.05) is 38.1 Å². The quantitative estimate of drug-likeness (QED) is 0.877. The van der Waals surface area contributed by atoms with E-state index in [9.17, 15) is 0 Å². The summed E-state index contributed by atoms with van der Waals surface area (Å²) < 4.78 is 10.8. The summed E-state index contributed by atoms with van der Waals surface area (Å²) in [6, 6.07) is 7.29. The van der Waals surface area contributed by atoms with Crippen LogP contribution < -0.4 is 10.5 Å². The van der Waals surface area contributed by atoms with Crippen LogP contribution in [0.4, 0.5) is 0 Å². The number of ether oxygens (including phenoxy) is 1. The normalized spacial score (nSPS) is 12.7. The Morgan fingerprint density at radius 2 is 2.15 bits per heavy atom. The van der Waals surface area contributed by atoms with Crippen molar-refractivity contribution in [3.05, 3.63) is 41.5 Å². The van der Waals surface area contributed by atoms with Crippen LogP contribution in [0.1, 0.15) is 56.4 Å². The highest BCUT2D eigenvalue weighted by molar-refractivity contribution is 5.32. The first-order valence-corrected chi connectivity index (χ1v) is 6.93. The van der Waals surface area contributed by atoms with Gasteiger partial charge < -0.3 is 15.0 Å². The van der Waals surface area contributed by atoms with Gasteiger partial charge in [0.2, 0.25) is 5.89 Å². The number of nitrogens with zero attached hydrogens (tertiary/aromatic N) is 2. The lowest BCUT2D eigenvalue weighted by Crippen LogP contribution is -2.14. The van der Waals surface area contributed by atoms with Crippen molar-refractivity contribution in [1.82, 2.24) is 10.1 Å². The summed E-state index contributed by atoms with van der Waals surface area (Å²) >= 11 is 0. The van der Waals surface area contributed by atoms with E-state index in [0.717, 1.165) is 17.7 Å². The van der Waals surface area contributed by atoms with Crippen molar-refractivity contribution < 1.29 is 9.26 Å². The van der Waals surface area contributed by atoms with Gasteiger partial charge in [-0.1, -0.05) is 38.1 Å². The average Bonchev–Trinajstić information content (AvgIpc) is 2.94. The van der Waals surface area contributed by atoms with Crippen LogP contribution in [-0.4, -0.2) is 16.7 Å². The lowest BCUT2D eigenvalue weighted by atomic mass is 10.1. The minimum Gasteiger partial charge on any atom is -0.494 e. The zero-order chi connectivity index (χ0) is 14.5. The van der Waals surface area contributed by atoms with E-state index in [2.05, 4.69) is 17.1 Å². The van der Waals surface area contributed by atoms with Crippen LogP contribution in [-0.2, 0) is 0 Å². The second kappa shape index (κ2) is 6.52. The Balaban J connectivity index is 2.16. The summed E-state index contributed by atoms with van der Waals surface area (Å²) in [6.07, 6.45) is 0.971. The molecular weight excluding hydrogens is 254 g/mol. The molecule has 2 N–H and O–H groups in total. The maximum Gasteiger partial charge on any atom is 0.229 e. The van der Waals surface area contributed by atoms with Crippen LogP contribution in [0.3, 0.4) is 0 Å². The van der Waals surface area contributed by atoms with E-state index >= 15 is 0 Å². The third-order valence-corrected chi connectivity index (χ3v) is 2.92. The van der Waals surface area contributed by atoms with Crippen molar-refractivity contribution >= 4 is 0 Å². The SMILES string of the molecule is CCCOc1cccc(C(N)c2noc(C(C)C)n2)c1. The van der Waals surface area contributed by atoms with Crippen LogP contribution in [0.5, 0.6) is 5.75 Å². The van der Waals surface area contributed by atoms with Gasteiger partial charge in [0.1, 0.15) is 5.75 Å². The zero-order valence-corrected chi connectivity index (χ0v) is 12.2. The second-order valence-corrected chi connectivity index (χ2v) is 5.04. The van der Waals surface area contributed by atoms with E-state index < -0.39 is 6.04 Å². The number of nitrogens with two attached hydrogens (primary N) is 1. The fourth-order valence-electron chi connectivity index (χ4n) is 1.77. The van der Waals surface area contributed by atoms with Gasteiger partial charge in [-0.05, 0) is 24.1 Å². The van der Waals surface area contributed by atoms with Gasteiger partial charge in [-0.25, -0.2) is 0 Å². The molecule has 1 aromatic heterocycles. The molecule has 1 atom stereocenters. The molecule has 0 amide bonds. The largest absolute Gasteiger partial charge is 0.494 e. The minimum atomic E-state index is -0.406. The minimum absolute atomic E-state index is 0.197. The molecule has 108 valence electrons. The first kappa shape index (κ1) is 14.5. The molecule has 0 fully saturated rings. The predicted octanol–water partition coefficient (Wildman–Crippen LogP) is 3.03. The highest BCUT2D eigenvalue weighted by atomic mass is 16.5. The molecule has 0 aliphatic heterocycles. The molecule has 0 saturated carbocycles. The molecule has 0 aliphatic carbocycles. The van der Waals surface area contributed by atoms with Gasteiger partial charge in [-0.2, -0.15) is 4.98 Å². The van der Waals surface area contributed by atoms with Gasteiger partial charge >= 0.3 is 0 Å². The van der Waals surface area contributed by atoms with Crippen LogP contribution >= 0.6 is 0 Å². The molecule has 1 aromatic carbocycles. The fraction of sp³-hybridized carbons (Fsp3) is 0.467. The number of rotatable bonds is 6. The van der Waals surface area contributed by atoms with E-state index in [-0.39, 0.29) is 5.92 Å². The number of hydrogen-bond donors (Lipinski definition) is 1. The summed E-state index contributed by atoms with van der Waals surface area (Å²) in [5.41, 5.74) is 7.10. The average molecular weight is 275 g/mol. The lowest BCUT2D eigenvalue weighted by Gasteiger charge is -2.10. The summed E-state index contributed by atoms with van der Waals surface area (Å²) in [7, 11) is 0. The van der Waals surface area contributed by atoms with Gasteiger partial charge in [-0.3, -0.25) is 0 Å². The fourth-order valence-corrected chi connectivity index (χ4v) is 1.77. The molecule has 0 radical (unpaired) electrons. The molecule has 0 bridgehead atoms. The van der Waals surface area contributed by atoms with Gasteiger partial charge in [0.05, 0.1) is 12.6 Å². The van der Waals surface area contributed by atoms with Crippen LogP contribution in [0, 0.1) is 0 Å². The molecule has 0 spiro atoms. The van der Waals surface area contributed by atoms with Crippen LogP contribution in [0.15, 0.2) is 28.8 Å². The maximum absolute atomic E-state index is 6.19. The highest BCUT2D eigenvalue weighted by Gasteiger charge is 2.18. The van der Waals surface area contributed by atoms with E-state index in [1.165, 1.54) is 0 Å². The van der Waals surface area contributed by atoms with E-state index in [0.29, 0.717) is 18.3 Å². The molecule has 5 heteroatoms. The maximum atomic E-state index is 6.19. The topological polar surface area (TPSA) is 74.2 Å². The third kappa shape index (κ3) is 3.36. The monoisotopic (exact) mass is 275 g/mol. The Kier molecular flexibility index (Phi) is 4.74. The van der Waals surface area contributed by atoms with Gasteiger partial charge in [-0.15, -0.1) is 0 Å². The first-order valence-electron chi connectivity index (χ1n) is 6.93. The zero-order valence-electron chi connectivity index (χ0n) is 12.2. The molecular formula is C15H21N3O2. The van der Waals surface area contributed by atoms with Crippen molar-refractivity contribution in [2.75, 3.05) is 6.61 Å². The molecule has 2 aromatic rings. The van der Waals surface area contributed by atoms with Crippen LogP contribution in [0.2, 0.25) is 0 Å². The standard InChI is InChI=1S/C15H21N3O2/c1-4-8-19-12-7-5-6-11(9-12)13(16)14-17-15(10(2)3)20-18-14/h5-7,9-10,13H,4,8,16H2,1-3H3. The van der Waals surface area contributed by atoms with Crippen molar-refractivity contribution in [3.8, 4) is 5.75 Å². The van der Waals surface area contributed by atoms with Gasteiger partial charge in [0, 0.05) is 5.92 Å². The Morgan fingerprint density at radius 3 is 2.80 bits per heavy atom. The van der Waals surface area contributed by atoms with Crippen molar-refractivity contribution in [3.63, 3.8) is 0 Å². The molecule has 5 nitrogen and oxygen atoms in total. The van der Waals surface area contributed by atoms with Gasteiger partial charge in [0.25, 0.3) is 0 Å². The van der Waals surface area contributed by atoms with E-state index in [4.69, 9.17) is 15.0 Å². The van der Waals surface area contributed by atoms with Crippen molar-refractivity contribution in [2.24, 2.45) is 5.73 Å². The Labute approximate surface area is 119 Å². The summed E-state index contributed by atoms with van der Waals surface area (Å²) in [4.78, 5) is 4.33. The second-order valence-electron chi connectivity index (χ2n) is 5.04. The first-order chi connectivity index (χ1) is 9.61. The third-order valence-electron chi connectivity index (χ3n) is 2.92. The highest BCUT2D eigenvalue weighted by Crippen LogP contribution is 2.23. The number of aromatic nitrogens is 2. The Bertz CT molecular complexity index is 552. The summed E-state index contributed by atoms with van der Waals surface area (Å²) in [5.74, 6) is 2.12.